The number of pyridine rings is 1. The van der Waals surface area contributed by atoms with Crippen LogP contribution in [0.25, 0.3) is 0 Å². The number of fused-ring (bicyclic) bond motifs is 1. The zero-order valence-electron chi connectivity index (χ0n) is 13.0. The van der Waals surface area contributed by atoms with E-state index in [-0.39, 0.29) is 5.54 Å². The third-order valence-corrected chi connectivity index (χ3v) is 5.33. The van der Waals surface area contributed by atoms with Crippen molar-refractivity contribution in [2.75, 3.05) is 13.7 Å². The minimum absolute atomic E-state index is 0.151. The second kappa shape index (κ2) is 5.40. The van der Waals surface area contributed by atoms with E-state index in [0.717, 1.165) is 24.4 Å². The quantitative estimate of drug-likeness (QED) is 0.943. The van der Waals surface area contributed by atoms with Crippen LogP contribution in [0.1, 0.15) is 36.1 Å². The van der Waals surface area contributed by atoms with Crippen LogP contribution in [0, 0.1) is 5.92 Å². The van der Waals surface area contributed by atoms with Crippen molar-refractivity contribution in [3.8, 4) is 5.75 Å². The van der Waals surface area contributed by atoms with Gasteiger partial charge >= 0.3 is 0 Å². The molecule has 2 aromatic rings. The first-order chi connectivity index (χ1) is 10.8. The summed E-state index contributed by atoms with van der Waals surface area (Å²) in [6, 6.07) is 12.8. The minimum Gasteiger partial charge on any atom is -0.497 e. The second-order valence-electron chi connectivity index (χ2n) is 6.35. The molecule has 1 aromatic heterocycles. The summed E-state index contributed by atoms with van der Waals surface area (Å²) in [6.45, 7) is 1.01. The summed E-state index contributed by atoms with van der Waals surface area (Å²) in [7, 11) is 1.74. The van der Waals surface area contributed by atoms with Crippen molar-refractivity contribution >= 4 is 0 Å². The summed E-state index contributed by atoms with van der Waals surface area (Å²) >= 11 is 0. The van der Waals surface area contributed by atoms with Crippen LogP contribution in [0.15, 0.2) is 42.6 Å². The van der Waals surface area contributed by atoms with Gasteiger partial charge in [-0.2, -0.15) is 0 Å². The lowest BCUT2D eigenvalue weighted by atomic mass is 9.63. The molecule has 0 saturated heterocycles. The van der Waals surface area contributed by atoms with E-state index in [9.17, 15) is 0 Å². The Bertz CT molecular complexity index is 666. The van der Waals surface area contributed by atoms with Gasteiger partial charge in [0.2, 0.25) is 0 Å². The van der Waals surface area contributed by atoms with Gasteiger partial charge < -0.3 is 10.1 Å². The summed E-state index contributed by atoms with van der Waals surface area (Å²) in [5.41, 5.74) is 3.79. The highest BCUT2D eigenvalue weighted by Crippen LogP contribution is 2.49. The number of ether oxygens (including phenoxy) is 1. The van der Waals surface area contributed by atoms with E-state index in [1.165, 1.54) is 30.4 Å². The molecule has 0 radical (unpaired) electrons. The summed E-state index contributed by atoms with van der Waals surface area (Å²) < 4.78 is 5.49. The van der Waals surface area contributed by atoms with E-state index in [4.69, 9.17) is 9.72 Å². The van der Waals surface area contributed by atoms with Gasteiger partial charge in [0.25, 0.3) is 0 Å². The molecule has 1 aliphatic carbocycles. The average molecular weight is 294 g/mol. The fourth-order valence-corrected chi connectivity index (χ4v) is 4.00. The van der Waals surface area contributed by atoms with Crippen LogP contribution in [0.5, 0.6) is 5.75 Å². The van der Waals surface area contributed by atoms with Crippen LogP contribution >= 0.6 is 0 Å². The molecule has 1 fully saturated rings. The topological polar surface area (TPSA) is 34.1 Å². The number of aromatic nitrogens is 1. The Labute approximate surface area is 131 Å². The highest BCUT2D eigenvalue weighted by molar-refractivity contribution is 5.47. The number of nitrogens with zero attached hydrogens (tertiary/aromatic N) is 1. The number of rotatable bonds is 3. The minimum atomic E-state index is -0.151. The van der Waals surface area contributed by atoms with Gasteiger partial charge in [0.15, 0.2) is 0 Å². The Kier molecular flexibility index (Phi) is 3.38. The van der Waals surface area contributed by atoms with Crippen molar-refractivity contribution in [1.82, 2.24) is 10.3 Å². The van der Waals surface area contributed by atoms with Gasteiger partial charge in [0.1, 0.15) is 5.75 Å². The molecule has 1 aliphatic heterocycles. The van der Waals surface area contributed by atoms with Crippen molar-refractivity contribution in [3.05, 3.63) is 59.4 Å². The molecule has 3 heteroatoms. The molecular weight excluding hydrogens is 272 g/mol. The third-order valence-electron chi connectivity index (χ3n) is 5.33. The molecule has 1 saturated carbocycles. The Morgan fingerprint density at radius 3 is 2.82 bits per heavy atom. The lowest BCUT2D eigenvalue weighted by molar-refractivity contribution is 0.149. The van der Waals surface area contributed by atoms with Crippen LogP contribution in [-0.2, 0) is 12.0 Å². The maximum absolute atomic E-state index is 5.49. The first-order valence-corrected chi connectivity index (χ1v) is 8.18. The normalized spacial score (nSPS) is 24.4. The first kappa shape index (κ1) is 13.8. The van der Waals surface area contributed by atoms with E-state index >= 15 is 0 Å². The van der Waals surface area contributed by atoms with E-state index < -0.39 is 0 Å². The Hall–Kier alpha value is -1.87. The molecule has 1 N–H and O–H groups in total. The monoisotopic (exact) mass is 294 g/mol. The number of hydrogen-bond donors (Lipinski definition) is 1. The zero-order valence-corrected chi connectivity index (χ0v) is 13.0. The number of nitrogens with one attached hydrogen (secondary N) is 1. The smallest absolute Gasteiger partial charge is 0.119 e. The highest BCUT2D eigenvalue weighted by atomic mass is 16.5. The summed E-state index contributed by atoms with van der Waals surface area (Å²) in [4.78, 5) is 4.73. The number of hydrogen-bond acceptors (Lipinski definition) is 3. The van der Waals surface area contributed by atoms with Crippen molar-refractivity contribution in [2.45, 2.75) is 31.2 Å². The lowest BCUT2D eigenvalue weighted by Gasteiger charge is -2.49. The van der Waals surface area contributed by atoms with Gasteiger partial charge in [-0.05, 0) is 60.6 Å². The summed E-state index contributed by atoms with van der Waals surface area (Å²) in [5, 5.41) is 3.84. The van der Waals surface area contributed by atoms with Crippen molar-refractivity contribution in [2.24, 2.45) is 5.92 Å². The Morgan fingerprint density at radius 1 is 1.23 bits per heavy atom. The molecule has 2 aliphatic rings. The van der Waals surface area contributed by atoms with Gasteiger partial charge in [0, 0.05) is 12.7 Å². The Morgan fingerprint density at radius 2 is 2.14 bits per heavy atom. The largest absolute Gasteiger partial charge is 0.497 e. The van der Waals surface area contributed by atoms with Crippen LogP contribution in [0.4, 0.5) is 0 Å². The maximum Gasteiger partial charge on any atom is 0.119 e. The van der Waals surface area contributed by atoms with E-state index in [0.29, 0.717) is 5.92 Å². The highest BCUT2D eigenvalue weighted by Gasteiger charge is 2.48. The van der Waals surface area contributed by atoms with E-state index in [1.807, 2.05) is 12.3 Å². The molecule has 1 unspecified atom stereocenters. The fourth-order valence-electron chi connectivity index (χ4n) is 4.00. The molecule has 0 amide bonds. The molecule has 2 heterocycles. The molecule has 4 rings (SSSR count). The molecule has 1 atom stereocenters. The predicted molar refractivity (Wildman–Crippen MR) is 87.1 cm³/mol. The average Bonchev–Trinajstić information content (AvgIpc) is 2.54. The third kappa shape index (κ3) is 1.96. The van der Waals surface area contributed by atoms with E-state index in [1.54, 1.807) is 7.11 Å². The Balaban J connectivity index is 1.93. The molecule has 0 bridgehead atoms. The van der Waals surface area contributed by atoms with Crippen LogP contribution in [0.2, 0.25) is 0 Å². The first-order valence-electron chi connectivity index (χ1n) is 8.18. The van der Waals surface area contributed by atoms with Crippen molar-refractivity contribution < 1.29 is 4.74 Å². The van der Waals surface area contributed by atoms with Crippen molar-refractivity contribution in [3.63, 3.8) is 0 Å². The van der Waals surface area contributed by atoms with E-state index in [2.05, 4.69) is 35.6 Å². The van der Waals surface area contributed by atoms with Gasteiger partial charge in [-0.3, -0.25) is 4.98 Å². The molecule has 1 aromatic carbocycles. The van der Waals surface area contributed by atoms with Crippen LogP contribution in [0.3, 0.4) is 0 Å². The van der Waals surface area contributed by atoms with Crippen LogP contribution in [-0.4, -0.2) is 18.6 Å². The standard InChI is InChI=1S/C19H22N2O/c1-22-16-9-8-14-10-12-21-19(17(14)13-16,15-5-4-6-15)18-7-2-3-11-20-18/h2-3,7-9,11,13,15,21H,4-6,10,12H2,1H3. The lowest BCUT2D eigenvalue weighted by Crippen LogP contribution is -2.55. The van der Waals surface area contributed by atoms with Crippen molar-refractivity contribution in [1.29, 1.82) is 0 Å². The van der Waals surface area contributed by atoms with Gasteiger partial charge in [0.05, 0.1) is 18.3 Å². The number of methoxy groups -OCH3 is 1. The van der Waals surface area contributed by atoms with Gasteiger partial charge in [-0.25, -0.2) is 0 Å². The molecular formula is C19H22N2O. The molecule has 22 heavy (non-hydrogen) atoms. The fraction of sp³-hybridized carbons (Fsp3) is 0.421. The van der Waals surface area contributed by atoms with Gasteiger partial charge in [-0.15, -0.1) is 0 Å². The summed E-state index contributed by atoms with van der Waals surface area (Å²) in [5.74, 6) is 1.55. The molecule has 3 nitrogen and oxygen atoms in total. The second-order valence-corrected chi connectivity index (χ2v) is 6.35. The summed E-state index contributed by atoms with van der Waals surface area (Å²) in [6.07, 6.45) is 6.83. The zero-order chi connectivity index (χ0) is 15.0. The van der Waals surface area contributed by atoms with Gasteiger partial charge in [-0.1, -0.05) is 18.6 Å². The molecule has 0 spiro atoms. The van der Waals surface area contributed by atoms with Crippen LogP contribution < -0.4 is 10.1 Å². The maximum atomic E-state index is 5.49. The molecule has 114 valence electrons. The predicted octanol–water partition coefficient (Wildman–Crippen LogP) is 3.28. The SMILES string of the molecule is COc1ccc2c(c1)C(c1ccccn1)(C1CCC1)NCC2. The number of benzene rings is 1.